The highest BCUT2D eigenvalue weighted by Crippen LogP contribution is 2.36. The Kier molecular flexibility index (Phi) is 5.04. The Hall–Kier alpha value is -4.18. The van der Waals surface area contributed by atoms with Crippen molar-refractivity contribution in [3.05, 3.63) is 120 Å². The van der Waals surface area contributed by atoms with Crippen molar-refractivity contribution in [3.8, 4) is 22.3 Å². The SMILES string of the molecule is CC1(c2cc(-c3ccccc3)cc(-c3ccccc3)c2)N=C(N)NC(c2ccccc2)=N1. The number of benzene rings is 4. The van der Waals surface area contributed by atoms with Crippen LogP contribution in [0.25, 0.3) is 22.3 Å². The van der Waals surface area contributed by atoms with E-state index in [0.29, 0.717) is 11.8 Å². The molecule has 0 fully saturated rings. The minimum atomic E-state index is -0.852. The Labute approximate surface area is 188 Å². The Morgan fingerprint density at radius 2 is 1.06 bits per heavy atom. The summed E-state index contributed by atoms with van der Waals surface area (Å²) in [5.74, 6) is 1.07. The summed E-state index contributed by atoms with van der Waals surface area (Å²) < 4.78 is 0. The van der Waals surface area contributed by atoms with Crippen LogP contribution in [0.5, 0.6) is 0 Å². The Bertz CT molecular complexity index is 1240. The second kappa shape index (κ2) is 8.16. The van der Waals surface area contributed by atoms with E-state index >= 15 is 0 Å². The molecule has 1 heterocycles. The van der Waals surface area contributed by atoms with Crippen molar-refractivity contribution in [1.29, 1.82) is 0 Å². The molecular weight excluding hydrogens is 392 g/mol. The van der Waals surface area contributed by atoms with E-state index in [4.69, 9.17) is 15.7 Å². The Morgan fingerprint density at radius 1 is 0.594 bits per heavy atom. The lowest BCUT2D eigenvalue weighted by Gasteiger charge is -2.29. The fourth-order valence-electron chi connectivity index (χ4n) is 4.01. The first-order chi connectivity index (χ1) is 15.6. The van der Waals surface area contributed by atoms with Crippen LogP contribution >= 0.6 is 0 Å². The molecular formula is C28H24N4. The van der Waals surface area contributed by atoms with Gasteiger partial charge in [-0.2, -0.15) is 0 Å². The standard InChI is InChI=1S/C28H24N4/c1-28(31-26(30-27(29)32-28)22-15-9-4-10-16-22)25-18-23(20-11-5-2-6-12-20)17-24(19-25)21-13-7-3-8-14-21/h2-19H,1H3,(H3,29,30,31,32). The van der Waals surface area contributed by atoms with Gasteiger partial charge in [0, 0.05) is 11.1 Å². The quantitative estimate of drug-likeness (QED) is 0.458. The first-order valence-electron chi connectivity index (χ1n) is 10.6. The van der Waals surface area contributed by atoms with E-state index in [2.05, 4.69) is 72.0 Å². The van der Waals surface area contributed by atoms with Crippen LogP contribution in [0.4, 0.5) is 0 Å². The van der Waals surface area contributed by atoms with E-state index < -0.39 is 5.66 Å². The normalized spacial score (nSPS) is 17.8. The number of nitrogens with one attached hydrogen (secondary N) is 1. The number of hydrogen-bond acceptors (Lipinski definition) is 4. The molecule has 0 bridgehead atoms. The van der Waals surface area contributed by atoms with E-state index in [0.717, 1.165) is 33.4 Å². The van der Waals surface area contributed by atoms with Crippen LogP contribution in [0.15, 0.2) is 119 Å². The van der Waals surface area contributed by atoms with Gasteiger partial charge in [0.1, 0.15) is 5.84 Å². The molecule has 1 aliphatic heterocycles. The number of nitrogens with zero attached hydrogens (tertiary/aromatic N) is 2. The molecule has 0 radical (unpaired) electrons. The van der Waals surface area contributed by atoms with Crippen molar-refractivity contribution in [2.24, 2.45) is 15.7 Å². The monoisotopic (exact) mass is 416 g/mol. The summed E-state index contributed by atoms with van der Waals surface area (Å²) in [6.07, 6.45) is 0. The number of guanidine groups is 1. The third-order valence-electron chi connectivity index (χ3n) is 5.66. The lowest BCUT2D eigenvalue weighted by atomic mass is 9.91. The molecule has 4 nitrogen and oxygen atoms in total. The van der Waals surface area contributed by atoms with Gasteiger partial charge < -0.3 is 11.1 Å². The van der Waals surface area contributed by atoms with Crippen LogP contribution in [0.3, 0.4) is 0 Å². The Balaban J connectivity index is 1.69. The predicted molar refractivity (Wildman–Crippen MR) is 132 cm³/mol. The van der Waals surface area contributed by atoms with Gasteiger partial charge in [0.15, 0.2) is 11.6 Å². The maximum atomic E-state index is 6.23. The summed E-state index contributed by atoms with van der Waals surface area (Å²) in [5.41, 5.74) is 11.9. The molecule has 4 aromatic carbocycles. The van der Waals surface area contributed by atoms with E-state index in [9.17, 15) is 0 Å². The van der Waals surface area contributed by atoms with Gasteiger partial charge in [-0.3, -0.25) is 0 Å². The summed E-state index contributed by atoms with van der Waals surface area (Å²) in [6.45, 7) is 2.00. The van der Waals surface area contributed by atoms with Crippen molar-refractivity contribution in [2.45, 2.75) is 12.6 Å². The number of rotatable bonds is 4. The van der Waals surface area contributed by atoms with Crippen molar-refractivity contribution >= 4 is 11.8 Å². The molecule has 0 saturated carbocycles. The third-order valence-corrected chi connectivity index (χ3v) is 5.66. The topological polar surface area (TPSA) is 62.8 Å². The molecule has 0 spiro atoms. The lowest BCUT2D eigenvalue weighted by Crippen LogP contribution is -2.44. The molecule has 4 heteroatoms. The first kappa shape index (κ1) is 19.8. The summed E-state index contributed by atoms with van der Waals surface area (Å²) in [4.78, 5) is 9.74. The summed E-state index contributed by atoms with van der Waals surface area (Å²) in [6, 6.07) is 37.3. The van der Waals surface area contributed by atoms with Crippen LogP contribution in [-0.2, 0) is 5.66 Å². The highest BCUT2D eigenvalue weighted by Gasteiger charge is 2.31. The largest absolute Gasteiger partial charge is 0.370 e. The molecule has 4 aromatic rings. The van der Waals surface area contributed by atoms with Gasteiger partial charge in [-0.25, -0.2) is 9.98 Å². The van der Waals surface area contributed by atoms with Gasteiger partial charge in [0.25, 0.3) is 0 Å². The highest BCUT2D eigenvalue weighted by molar-refractivity contribution is 6.09. The minimum Gasteiger partial charge on any atom is -0.370 e. The molecule has 0 amide bonds. The van der Waals surface area contributed by atoms with Crippen LogP contribution < -0.4 is 11.1 Å². The third kappa shape index (κ3) is 3.91. The van der Waals surface area contributed by atoms with Gasteiger partial charge in [-0.15, -0.1) is 0 Å². The van der Waals surface area contributed by atoms with Crippen LogP contribution in [0.1, 0.15) is 18.1 Å². The number of hydrogen-bond donors (Lipinski definition) is 2. The predicted octanol–water partition coefficient (Wildman–Crippen LogP) is 5.56. The fraction of sp³-hybridized carbons (Fsp3) is 0.0714. The van der Waals surface area contributed by atoms with Gasteiger partial charge in [-0.05, 0) is 47.4 Å². The first-order valence-corrected chi connectivity index (χ1v) is 10.6. The van der Waals surface area contributed by atoms with Crippen LogP contribution in [0, 0.1) is 0 Å². The average Bonchev–Trinajstić information content (AvgIpc) is 2.85. The average molecular weight is 417 g/mol. The molecule has 0 aliphatic carbocycles. The van der Waals surface area contributed by atoms with E-state index in [1.54, 1.807) is 0 Å². The maximum Gasteiger partial charge on any atom is 0.197 e. The van der Waals surface area contributed by atoms with Gasteiger partial charge in [-0.1, -0.05) is 91.0 Å². The molecule has 0 aromatic heterocycles. The van der Waals surface area contributed by atoms with Crippen molar-refractivity contribution < 1.29 is 0 Å². The molecule has 32 heavy (non-hydrogen) atoms. The van der Waals surface area contributed by atoms with E-state index in [1.807, 2.05) is 49.4 Å². The van der Waals surface area contributed by atoms with Gasteiger partial charge in [0.05, 0.1) is 0 Å². The number of aliphatic imine (C=N–C) groups is 2. The van der Waals surface area contributed by atoms with E-state index in [-0.39, 0.29) is 0 Å². The van der Waals surface area contributed by atoms with Crippen molar-refractivity contribution in [2.75, 3.05) is 0 Å². The highest BCUT2D eigenvalue weighted by atomic mass is 15.3. The fourth-order valence-corrected chi connectivity index (χ4v) is 4.01. The van der Waals surface area contributed by atoms with Crippen molar-refractivity contribution in [1.82, 2.24) is 5.32 Å². The zero-order valence-corrected chi connectivity index (χ0v) is 17.9. The summed E-state index contributed by atoms with van der Waals surface area (Å²) in [5, 5.41) is 3.13. The lowest BCUT2D eigenvalue weighted by molar-refractivity contribution is 0.517. The molecule has 5 rings (SSSR count). The number of amidine groups is 1. The van der Waals surface area contributed by atoms with Crippen LogP contribution in [-0.4, -0.2) is 11.8 Å². The molecule has 3 N–H and O–H groups in total. The Morgan fingerprint density at radius 3 is 1.56 bits per heavy atom. The molecule has 1 atom stereocenters. The van der Waals surface area contributed by atoms with Crippen LogP contribution in [0.2, 0.25) is 0 Å². The maximum absolute atomic E-state index is 6.23. The molecule has 1 unspecified atom stereocenters. The summed E-state index contributed by atoms with van der Waals surface area (Å²) >= 11 is 0. The summed E-state index contributed by atoms with van der Waals surface area (Å²) in [7, 11) is 0. The van der Waals surface area contributed by atoms with E-state index in [1.165, 1.54) is 0 Å². The number of nitrogens with two attached hydrogens (primary N) is 1. The molecule has 156 valence electrons. The second-order valence-electron chi connectivity index (χ2n) is 8.00. The molecule has 1 aliphatic rings. The van der Waals surface area contributed by atoms with Gasteiger partial charge >= 0.3 is 0 Å². The smallest absolute Gasteiger partial charge is 0.197 e. The van der Waals surface area contributed by atoms with Crippen molar-refractivity contribution in [3.63, 3.8) is 0 Å². The van der Waals surface area contributed by atoms with Gasteiger partial charge in [0.2, 0.25) is 0 Å². The minimum absolute atomic E-state index is 0.354. The second-order valence-corrected chi connectivity index (χ2v) is 8.00. The molecule has 0 saturated heterocycles. The zero-order chi connectivity index (χ0) is 22.0. The zero-order valence-electron chi connectivity index (χ0n) is 17.9.